The number of aromatic carboxylic acids is 1. The Labute approximate surface area is 126 Å². The van der Waals surface area contributed by atoms with Crippen LogP contribution in [0.15, 0.2) is 21.6 Å². The molecule has 1 unspecified atom stereocenters. The summed E-state index contributed by atoms with van der Waals surface area (Å²) in [6, 6.07) is 2.78. The predicted molar refractivity (Wildman–Crippen MR) is 76.2 cm³/mol. The van der Waals surface area contributed by atoms with Crippen LogP contribution in [0.1, 0.15) is 43.7 Å². The number of thioether (sulfide) groups is 1. The molecule has 6 nitrogen and oxygen atoms in total. The summed E-state index contributed by atoms with van der Waals surface area (Å²) < 4.78 is 5.12. The zero-order valence-electron chi connectivity index (χ0n) is 11.9. The standard InChI is InChI=1S/C14H17NO5S/c1-3-8(4-2)15-11(16)7-10(13(15)17)21-12-6-5-9(20-12)14(18)19/h5-6,8,10H,3-4,7H2,1-2H3,(H,18,19). The Morgan fingerprint density at radius 2 is 2.10 bits per heavy atom. The molecule has 2 amide bonds. The van der Waals surface area contributed by atoms with Crippen molar-refractivity contribution >= 4 is 29.5 Å². The second kappa shape index (κ2) is 6.34. The maximum atomic E-state index is 12.3. The topological polar surface area (TPSA) is 87.8 Å². The number of carbonyl (C=O) groups excluding carboxylic acids is 2. The second-order valence-corrected chi connectivity index (χ2v) is 6.01. The van der Waals surface area contributed by atoms with Crippen LogP contribution in [-0.2, 0) is 9.59 Å². The zero-order chi connectivity index (χ0) is 15.6. The van der Waals surface area contributed by atoms with Crippen LogP contribution in [-0.4, -0.2) is 39.1 Å². The fourth-order valence-corrected chi connectivity index (χ4v) is 3.40. The predicted octanol–water partition coefficient (Wildman–Crippen LogP) is 2.39. The van der Waals surface area contributed by atoms with Gasteiger partial charge in [0.05, 0.1) is 0 Å². The summed E-state index contributed by atoms with van der Waals surface area (Å²) in [5.41, 5.74) is 0. The highest BCUT2D eigenvalue weighted by Crippen LogP contribution is 2.34. The van der Waals surface area contributed by atoms with Crippen LogP contribution >= 0.6 is 11.8 Å². The van der Waals surface area contributed by atoms with E-state index in [2.05, 4.69) is 0 Å². The molecule has 0 bridgehead atoms. The van der Waals surface area contributed by atoms with Gasteiger partial charge in [-0.1, -0.05) is 25.6 Å². The molecule has 2 rings (SSSR count). The molecule has 0 aromatic carbocycles. The van der Waals surface area contributed by atoms with Gasteiger partial charge in [-0.25, -0.2) is 4.79 Å². The van der Waals surface area contributed by atoms with Crippen molar-refractivity contribution in [3.8, 4) is 0 Å². The first-order chi connectivity index (χ1) is 9.97. The van der Waals surface area contributed by atoms with Gasteiger partial charge in [-0.05, 0) is 25.0 Å². The van der Waals surface area contributed by atoms with Gasteiger partial charge in [0.2, 0.25) is 17.6 Å². The van der Waals surface area contributed by atoms with Gasteiger partial charge in [0, 0.05) is 12.5 Å². The largest absolute Gasteiger partial charge is 0.475 e. The molecule has 1 aliphatic heterocycles. The van der Waals surface area contributed by atoms with Crippen molar-refractivity contribution in [3.63, 3.8) is 0 Å². The summed E-state index contributed by atoms with van der Waals surface area (Å²) in [7, 11) is 0. The Balaban J connectivity index is 2.09. The van der Waals surface area contributed by atoms with Gasteiger partial charge in [-0.15, -0.1) is 0 Å². The average Bonchev–Trinajstić information content (AvgIpc) is 3.01. The summed E-state index contributed by atoms with van der Waals surface area (Å²) in [6.45, 7) is 3.89. The number of hydrogen-bond acceptors (Lipinski definition) is 5. The molecule has 1 atom stereocenters. The van der Waals surface area contributed by atoms with E-state index in [1.807, 2.05) is 13.8 Å². The molecule has 7 heteroatoms. The van der Waals surface area contributed by atoms with E-state index in [4.69, 9.17) is 9.52 Å². The third-order valence-electron chi connectivity index (χ3n) is 3.50. The van der Waals surface area contributed by atoms with E-state index >= 15 is 0 Å². The second-order valence-electron chi connectivity index (χ2n) is 4.81. The molecule has 0 saturated carbocycles. The summed E-state index contributed by atoms with van der Waals surface area (Å²) in [6.07, 6.45) is 1.59. The lowest BCUT2D eigenvalue weighted by molar-refractivity contribution is -0.141. The van der Waals surface area contributed by atoms with Crippen molar-refractivity contribution in [2.45, 2.75) is 49.5 Å². The van der Waals surface area contributed by atoms with Crippen LogP contribution in [0.2, 0.25) is 0 Å². The number of carbonyl (C=O) groups is 3. The minimum absolute atomic E-state index is 0.0678. The molecule has 1 fully saturated rings. The van der Waals surface area contributed by atoms with Crippen LogP contribution in [0.3, 0.4) is 0 Å². The van der Waals surface area contributed by atoms with Gasteiger partial charge in [-0.2, -0.15) is 0 Å². The number of amides is 2. The highest BCUT2D eigenvalue weighted by molar-refractivity contribution is 8.00. The van der Waals surface area contributed by atoms with Gasteiger partial charge in [0.15, 0.2) is 5.09 Å². The van der Waals surface area contributed by atoms with Gasteiger partial charge in [-0.3, -0.25) is 14.5 Å². The van der Waals surface area contributed by atoms with Gasteiger partial charge >= 0.3 is 5.97 Å². The molecule has 1 N–H and O–H groups in total. The van der Waals surface area contributed by atoms with E-state index in [-0.39, 0.29) is 30.0 Å². The summed E-state index contributed by atoms with van der Waals surface area (Å²) >= 11 is 1.10. The van der Waals surface area contributed by atoms with Crippen LogP contribution in [0.25, 0.3) is 0 Å². The molecule has 2 heterocycles. The SMILES string of the molecule is CCC(CC)N1C(=O)CC(Sc2ccc(C(=O)O)o2)C1=O. The van der Waals surface area contributed by atoms with E-state index in [1.165, 1.54) is 17.0 Å². The van der Waals surface area contributed by atoms with Crippen molar-refractivity contribution < 1.29 is 23.9 Å². The van der Waals surface area contributed by atoms with Crippen molar-refractivity contribution in [1.82, 2.24) is 4.90 Å². The number of likely N-dealkylation sites (tertiary alicyclic amines) is 1. The number of imide groups is 1. The highest BCUT2D eigenvalue weighted by atomic mass is 32.2. The fourth-order valence-electron chi connectivity index (χ4n) is 2.39. The molecule has 1 aromatic rings. The number of carboxylic acid groups (broad SMARTS) is 1. The normalized spacial score (nSPS) is 18.8. The van der Waals surface area contributed by atoms with Crippen molar-refractivity contribution in [2.75, 3.05) is 0 Å². The molecule has 1 saturated heterocycles. The minimum atomic E-state index is -1.16. The number of hydrogen-bond donors (Lipinski definition) is 1. The Morgan fingerprint density at radius 3 is 2.62 bits per heavy atom. The quantitative estimate of drug-likeness (QED) is 0.812. The third kappa shape index (κ3) is 3.12. The van der Waals surface area contributed by atoms with Crippen molar-refractivity contribution in [1.29, 1.82) is 0 Å². The molecule has 0 spiro atoms. The summed E-state index contributed by atoms with van der Waals surface area (Å²) in [5, 5.41) is 8.60. The highest BCUT2D eigenvalue weighted by Gasteiger charge is 2.42. The third-order valence-corrected chi connectivity index (χ3v) is 4.60. The Hall–Kier alpha value is -1.76. The molecule has 0 aliphatic carbocycles. The monoisotopic (exact) mass is 311 g/mol. The van der Waals surface area contributed by atoms with E-state index in [0.29, 0.717) is 5.09 Å². The van der Waals surface area contributed by atoms with Gasteiger partial charge in [0.1, 0.15) is 5.25 Å². The molecule has 1 aromatic heterocycles. The molecular formula is C14H17NO5S. The lowest BCUT2D eigenvalue weighted by Gasteiger charge is -2.24. The van der Waals surface area contributed by atoms with Crippen LogP contribution in [0.4, 0.5) is 0 Å². The Bertz CT molecular complexity index is 563. The molecule has 1 aliphatic rings. The number of furan rings is 1. The first-order valence-electron chi connectivity index (χ1n) is 6.83. The fraction of sp³-hybridized carbons (Fsp3) is 0.500. The molecule has 21 heavy (non-hydrogen) atoms. The maximum absolute atomic E-state index is 12.3. The van der Waals surface area contributed by atoms with Crippen LogP contribution in [0, 0.1) is 0 Å². The minimum Gasteiger partial charge on any atom is -0.475 e. The summed E-state index contributed by atoms with van der Waals surface area (Å²) in [4.78, 5) is 36.5. The lowest BCUT2D eigenvalue weighted by Crippen LogP contribution is -2.40. The van der Waals surface area contributed by atoms with E-state index in [1.54, 1.807) is 0 Å². The summed E-state index contributed by atoms with van der Waals surface area (Å²) in [5.74, 6) is -1.72. The first kappa shape index (κ1) is 15.6. The number of carboxylic acids is 1. The first-order valence-corrected chi connectivity index (χ1v) is 7.71. The Morgan fingerprint density at radius 1 is 1.43 bits per heavy atom. The zero-order valence-corrected chi connectivity index (χ0v) is 12.7. The molecular weight excluding hydrogens is 294 g/mol. The van der Waals surface area contributed by atoms with Crippen molar-refractivity contribution in [2.24, 2.45) is 0 Å². The van der Waals surface area contributed by atoms with Crippen LogP contribution < -0.4 is 0 Å². The average molecular weight is 311 g/mol. The molecule has 114 valence electrons. The molecule has 0 radical (unpaired) electrons. The van der Waals surface area contributed by atoms with Gasteiger partial charge < -0.3 is 9.52 Å². The van der Waals surface area contributed by atoms with E-state index in [0.717, 1.165) is 24.6 Å². The van der Waals surface area contributed by atoms with Gasteiger partial charge in [0.25, 0.3) is 0 Å². The smallest absolute Gasteiger partial charge is 0.371 e. The van der Waals surface area contributed by atoms with E-state index < -0.39 is 11.2 Å². The maximum Gasteiger partial charge on any atom is 0.371 e. The number of rotatable bonds is 6. The van der Waals surface area contributed by atoms with Crippen LogP contribution in [0.5, 0.6) is 0 Å². The lowest BCUT2D eigenvalue weighted by atomic mass is 10.1. The Kier molecular flexibility index (Phi) is 4.72. The van der Waals surface area contributed by atoms with E-state index in [9.17, 15) is 14.4 Å². The number of nitrogens with zero attached hydrogens (tertiary/aromatic N) is 1. The van der Waals surface area contributed by atoms with Crippen molar-refractivity contribution in [3.05, 3.63) is 17.9 Å².